The maximum atomic E-state index is 12.5. The molecule has 0 saturated carbocycles. The number of nitrogens with one attached hydrogen (secondary N) is 1. The summed E-state index contributed by atoms with van der Waals surface area (Å²) >= 11 is 0.859. The number of nitrogens with zero attached hydrogens (tertiary/aromatic N) is 1. The van der Waals surface area contributed by atoms with Gasteiger partial charge in [-0.25, -0.2) is 4.90 Å². The maximum absolute atomic E-state index is 12.5. The summed E-state index contributed by atoms with van der Waals surface area (Å²) in [5, 5.41) is 10.8. The average Bonchev–Trinajstić information content (AvgIpc) is 2.84. The van der Waals surface area contributed by atoms with Crippen LogP contribution in [0.1, 0.15) is 12.0 Å². The Labute approximate surface area is 148 Å². The van der Waals surface area contributed by atoms with Crippen molar-refractivity contribution in [2.75, 3.05) is 10.2 Å². The van der Waals surface area contributed by atoms with Crippen molar-refractivity contribution in [3.8, 4) is 5.75 Å². The third-order valence-corrected chi connectivity index (χ3v) is 4.77. The number of benzene rings is 2. The lowest BCUT2D eigenvalue weighted by Crippen LogP contribution is -2.32. The van der Waals surface area contributed by atoms with Crippen molar-refractivity contribution in [2.24, 2.45) is 0 Å². The SMILES string of the molecule is Cc1ccc(N2C(=O)SC(CC(=O)Nc3ccc(O)cc3)C2=O)cc1. The van der Waals surface area contributed by atoms with E-state index in [2.05, 4.69) is 5.32 Å². The molecule has 0 spiro atoms. The van der Waals surface area contributed by atoms with Crippen molar-refractivity contribution in [1.29, 1.82) is 0 Å². The summed E-state index contributed by atoms with van der Waals surface area (Å²) in [6.45, 7) is 1.92. The summed E-state index contributed by atoms with van der Waals surface area (Å²) in [7, 11) is 0. The van der Waals surface area contributed by atoms with Crippen LogP contribution in [-0.2, 0) is 9.59 Å². The van der Waals surface area contributed by atoms with E-state index in [1.807, 2.05) is 19.1 Å². The Morgan fingerprint density at radius 1 is 1.12 bits per heavy atom. The molecule has 1 aliphatic heterocycles. The molecule has 2 N–H and O–H groups in total. The predicted molar refractivity (Wildman–Crippen MR) is 96.8 cm³/mol. The molecule has 128 valence electrons. The minimum atomic E-state index is -0.745. The van der Waals surface area contributed by atoms with Gasteiger partial charge in [0.15, 0.2) is 0 Å². The van der Waals surface area contributed by atoms with Gasteiger partial charge in [0.2, 0.25) is 11.8 Å². The lowest BCUT2D eigenvalue weighted by molar-refractivity contribution is -0.121. The van der Waals surface area contributed by atoms with E-state index in [1.54, 1.807) is 24.3 Å². The smallest absolute Gasteiger partial charge is 0.293 e. The Bertz CT molecular complexity index is 818. The maximum Gasteiger partial charge on any atom is 0.293 e. The van der Waals surface area contributed by atoms with Gasteiger partial charge in [0.25, 0.3) is 5.24 Å². The van der Waals surface area contributed by atoms with Gasteiger partial charge in [0, 0.05) is 12.1 Å². The first-order chi connectivity index (χ1) is 11.9. The molecule has 7 heteroatoms. The Kier molecular flexibility index (Phi) is 4.76. The van der Waals surface area contributed by atoms with E-state index in [0.717, 1.165) is 22.2 Å². The van der Waals surface area contributed by atoms with Crippen molar-refractivity contribution in [3.63, 3.8) is 0 Å². The van der Waals surface area contributed by atoms with Gasteiger partial charge in [-0.1, -0.05) is 17.7 Å². The summed E-state index contributed by atoms with van der Waals surface area (Å²) in [5.41, 5.74) is 2.05. The highest BCUT2D eigenvalue weighted by Crippen LogP contribution is 2.33. The van der Waals surface area contributed by atoms with Crippen molar-refractivity contribution >= 4 is 40.2 Å². The van der Waals surface area contributed by atoms with E-state index in [1.165, 1.54) is 12.1 Å². The number of amides is 3. The van der Waals surface area contributed by atoms with Gasteiger partial charge in [-0.2, -0.15) is 0 Å². The van der Waals surface area contributed by atoms with Crippen molar-refractivity contribution in [3.05, 3.63) is 54.1 Å². The molecule has 3 rings (SSSR count). The number of rotatable bonds is 4. The Morgan fingerprint density at radius 2 is 1.76 bits per heavy atom. The molecule has 0 radical (unpaired) electrons. The number of imide groups is 1. The second-order valence-corrected chi connectivity index (χ2v) is 6.83. The molecule has 3 amide bonds. The topological polar surface area (TPSA) is 86.7 Å². The summed E-state index contributed by atoms with van der Waals surface area (Å²) in [6, 6.07) is 13.1. The number of phenols is 1. The fourth-order valence-corrected chi connectivity index (χ4v) is 3.42. The van der Waals surface area contributed by atoms with Crippen molar-refractivity contribution < 1.29 is 19.5 Å². The zero-order chi connectivity index (χ0) is 18.0. The van der Waals surface area contributed by atoms with Gasteiger partial charge < -0.3 is 10.4 Å². The normalized spacial score (nSPS) is 17.0. The van der Waals surface area contributed by atoms with Gasteiger partial charge in [0.1, 0.15) is 11.0 Å². The minimum absolute atomic E-state index is 0.0962. The van der Waals surface area contributed by atoms with Crippen LogP contribution in [0, 0.1) is 6.92 Å². The monoisotopic (exact) mass is 356 g/mol. The zero-order valence-electron chi connectivity index (χ0n) is 13.4. The summed E-state index contributed by atoms with van der Waals surface area (Å²) in [4.78, 5) is 37.9. The fraction of sp³-hybridized carbons (Fsp3) is 0.167. The highest BCUT2D eigenvalue weighted by atomic mass is 32.2. The van der Waals surface area contributed by atoms with E-state index in [9.17, 15) is 19.5 Å². The number of hydrogen-bond acceptors (Lipinski definition) is 5. The van der Waals surface area contributed by atoms with E-state index < -0.39 is 5.25 Å². The van der Waals surface area contributed by atoms with Crippen LogP contribution in [0.15, 0.2) is 48.5 Å². The van der Waals surface area contributed by atoms with Gasteiger partial charge in [-0.3, -0.25) is 14.4 Å². The van der Waals surface area contributed by atoms with E-state index in [4.69, 9.17) is 0 Å². The van der Waals surface area contributed by atoms with Crippen molar-refractivity contribution in [1.82, 2.24) is 0 Å². The Hall–Kier alpha value is -2.80. The highest BCUT2D eigenvalue weighted by Gasteiger charge is 2.41. The summed E-state index contributed by atoms with van der Waals surface area (Å²) in [5.74, 6) is -0.659. The fourth-order valence-electron chi connectivity index (χ4n) is 2.44. The molecule has 1 heterocycles. The standard InChI is InChI=1S/C18H16N2O4S/c1-11-2-6-13(7-3-11)20-17(23)15(25-18(20)24)10-16(22)19-12-4-8-14(21)9-5-12/h2-9,15,21H,10H2,1H3,(H,19,22). The molecule has 2 aromatic rings. The van der Waals surface area contributed by atoms with Gasteiger partial charge in [-0.15, -0.1) is 0 Å². The Balaban J connectivity index is 1.66. The third-order valence-electron chi connectivity index (χ3n) is 3.74. The largest absolute Gasteiger partial charge is 0.508 e. The molecule has 6 nitrogen and oxygen atoms in total. The van der Waals surface area contributed by atoms with Crippen LogP contribution in [0.3, 0.4) is 0 Å². The molecule has 1 saturated heterocycles. The van der Waals surface area contributed by atoms with Gasteiger partial charge in [-0.05, 0) is 55.1 Å². The molecular formula is C18H16N2O4S. The number of thioether (sulfide) groups is 1. The molecular weight excluding hydrogens is 340 g/mol. The predicted octanol–water partition coefficient (Wildman–Crippen LogP) is 3.30. The molecule has 0 bridgehead atoms. The molecule has 1 atom stereocenters. The van der Waals surface area contributed by atoms with Crippen molar-refractivity contribution in [2.45, 2.75) is 18.6 Å². The lowest BCUT2D eigenvalue weighted by Gasteiger charge is -2.14. The first-order valence-electron chi connectivity index (χ1n) is 7.64. The zero-order valence-corrected chi connectivity index (χ0v) is 14.2. The molecule has 2 aromatic carbocycles. The molecule has 0 aromatic heterocycles. The molecule has 1 fully saturated rings. The number of carbonyl (C=O) groups is 3. The third kappa shape index (κ3) is 3.83. The number of aromatic hydroxyl groups is 1. The number of hydrogen-bond donors (Lipinski definition) is 2. The summed E-state index contributed by atoms with van der Waals surface area (Å²) < 4.78 is 0. The average molecular weight is 356 g/mol. The minimum Gasteiger partial charge on any atom is -0.508 e. The Morgan fingerprint density at radius 3 is 2.40 bits per heavy atom. The number of phenolic OH excluding ortho intramolecular Hbond substituents is 1. The van der Waals surface area contributed by atoms with Crippen LogP contribution in [0.4, 0.5) is 16.2 Å². The van der Waals surface area contributed by atoms with Gasteiger partial charge in [0.05, 0.1) is 5.69 Å². The van der Waals surface area contributed by atoms with Gasteiger partial charge >= 0.3 is 0 Å². The van der Waals surface area contributed by atoms with Crippen LogP contribution in [0.5, 0.6) is 5.75 Å². The lowest BCUT2D eigenvalue weighted by atomic mass is 10.2. The second kappa shape index (κ2) is 6.98. The van der Waals surface area contributed by atoms with E-state index in [-0.39, 0.29) is 29.2 Å². The molecule has 25 heavy (non-hydrogen) atoms. The van der Waals surface area contributed by atoms with Crippen LogP contribution < -0.4 is 10.2 Å². The number of anilines is 2. The highest BCUT2D eigenvalue weighted by molar-refractivity contribution is 8.15. The molecule has 1 unspecified atom stereocenters. The second-order valence-electron chi connectivity index (χ2n) is 5.68. The summed E-state index contributed by atoms with van der Waals surface area (Å²) in [6.07, 6.45) is -0.0987. The number of aryl methyl sites for hydroxylation is 1. The molecule has 1 aliphatic rings. The quantitative estimate of drug-likeness (QED) is 0.821. The molecule has 0 aliphatic carbocycles. The van der Waals surface area contributed by atoms with Crippen LogP contribution in [-0.4, -0.2) is 27.4 Å². The van der Waals surface area contributed by atoms with E-state index >= 15 is 0 Å². The van der Waals surface area contributed by atoms with Crippen LogP contribution in [0.2, 0.25) is 0 Å². The van der Waals surface area contributed by atoms with Crippen LogP contribution >= 0.6 is 11.8 Å². The number of carbonyl (C=O) groups excluding carboxylic acids is 3. The first-order valence-corrected chi connectivity index (χ1v) is 8.52. The van der Waals surface area contributed by atoms with Crippen LogP contribution in [0.25, 0.3) is 0 Å². The first kappa shape index (κ1) is 17.0. The van der Waals surface area contributed by atoms with E-state index in [0.29, 0.717) is 11.4 Å².